The van der Waals surface area contributed by atoms with Crippen LogP contribution in [0.25, 0.3) is 11.4 Å². The normalized spacial score (nSPS) is 12.3. The Kier molecular flexibility index (Phi) is 4.06. The van der Waals surface area contributed by atoms with Crippen LogP contribution in [0.5, 0.6) is 0 Å². The van der Waals surface area contributed by atoms with Crippen molar-refractivity contribution in [2.75, 3.05) is 0 Å². The maximum absolute atomic E-state index is 11.1. The Morgan fingerprint density at radius 3 is 2.67 bits per heavy atom. The van der Waals surface area contributed by atoms with Crippen LogP contribution in [0.4, 0.5) is 5.69 Å². The van der Waals surface area contributed by atoms with Crippen molar-refractivity contribution in [2.24, 2.45) is 0 Å². The zero-order chi connectivity index (χ0) is 17.4. The van der Waals surface area contributed by atoms with E-state index >= 15 is 0 Å². The molecule has 3 rings (SSSR count). The van der Waals surface area contributed by atoms with E-state index in [1.165, 1.54) is 4.68 Å². The predicted octanol–water partition coefficient (Wildman–Crippen LogP) is 3.72. The van der Waals surface area contributed by atoms with E-state index in [4.69, 9.17) is 16.1 Å². The van der Waals surface area contributed by atoms with E-state index in [0.29, 0.717) is 33.7 Å². The largest absolute Gasteiger partial charge is 0.337 e. The summed E-state index contributed by atoms with van der Waals surface area (Å²) in [7, 11) is 0. The minimum atomic E-state index is -0.443. The molecule has 8 nitrogen and oxygen atoms in total. The third-order valence-electron chi connectivity index (χ3n) is 3.75. The lowest BCUT2D eigenvalue weighted by atomic mass is 10.2. The summed E-state index contributed by atoms with van der Waals surface area (Å²) >= 11 is 6.13. The van der Waals surface area contributed by atoms with Crippen LogP contribution in [0, 0.1) is 24.0 Å². The molecule has 9 heteroatoms. The van der Waals surface area contributed by atoms with Crippen LogP contribution in [-0.4, -0.2) is 24.8 Å². The van der Waals surface area contributed by atoms with Gasteiger partial charge in [-0.15, -0.1) is 0 Å². The van der Waals surface area contributed by atoms with Crippen molar-refractivity contribution >= 4 is 17.3 Å². The number of nitrogens with zero attached hydrogens (tertiary/aromatic N) is 5. The van der Waals surface area contributed by atoms with E-state index in [9.17, 15) is 10.1 Å². The summed E-state index contributed by atoms with van der Waals surface area (Å²) < 4.78 is 6.82. The highest BCUT2D eigenvalue weighted by molar-refractivity contribution is 6.33. The van der Waals surface area contributed by atoms with Gasteiger partial charge < -0.3 is 4.52 Å². The van der Waals surface area contributed by atoms with Crippen molar-refractivity contribution in [1.29, 1.82) is 0 Å². The van der Waals surface area contributed by atoms with Crippen molar-refractivity contribution in [1.82, 2.24) is 19.9 Å². The molecule has 0 amide bonds. The topological polar surface area (TPSA) is 99.9 Å². The van der Waals surface area contributed by atoms with E-state index in [1.807, 2.05) is 12.1 Å². The Hall–Kier alpha value is -2.74. The van der Waals surface area contributed by atoms with Gasteiger partial charge in [-0.2, -0.15) is 10.1 Å². The molecule has 0 fully saturated rings. The van der Waals surface area contributed by atoms with Crippen molar-refractivity contribution in [3.63, 3.8) is 0 Å². The van der Waals surface area contributed by atoms with Crippen molar-refractivity contribution < 1.29 is 9.45 Å². The van der Waals surface area contributed by atoms with Crippen molar-refractivity contribution in [3.8, 4) is 11.4 Å². The van der Waals surface area contributed by atoms with Gasteiger partial charge in [0.15, 0.2) is 0 Å². The van der Waals surface area contributed by atoms with E-state index in [1.54, 1.807) is 32.9 Å². The summed E-state index contributed by atoms with van der Waals surface area (Å²) in [6.07, 6.45) is 0. The first-order valence-corrected chi connectivity index (χ1v) is 7.56. The minimum Gasteiger partial charge on any atom is -0.337 e. The number of halogens is 1. The first-order valence-electron chi connectivity index (χ1n) is 7.18. The smallest absolute Gasteiger partial charge is 0.312 e. The van der Waals surface area contributed by atoms with Crippen LogP contribution in [0.2, 0.25) is 5.02 Å². The van der Waals surface area contributed by atoms with Crippen LogP contribution in [-0.2, 0) is 0 Å². The zero-order valence-electron chi connectivity index (χ0n) is 13.2. The minimum absolute atomic E-state index is 0.00677. The Labute approximate surface area is 142 Å². The molecule has 0 radical (unpaired) electrons. The number of benzene rings is 1. The van der Waals surface area contributed by atoms with E-state index < -0.39 is 11.0 Å². The van der Waals surface area contributed by atoms with Crippen LogP contribution >= 0.6 is 11.6 Å². The second-order valence-electron chi connectivity index (χ2n) is 5.33. The van der Waals surface area contributed by atoms with E-state index in [2.05, 4.69) is 15.2 Å². The number of aryl methyl sites for hydroxylation is 1. The van der Waals surface area contributed by atoms with Gasteiger partial charge in [-0.3, -0.25) is 14.8 Å². The van der Waals surface area contributed by atoms with Gasteiger partial charge in [-0.05, 0) is 32.9 Å². The lowest BCUT2D eigenvalue weighted by Crippen LogP contribution is -2.11. The molecule has 2 aromatic heterocycles. The van der Waals surface area contributed by atoms with Gasteiger partial charge in [0.2, 0.25) is 5.82 Å². The summed E-state index contributed by atoms with van der Waals surface area (Å²) in [5, 5.41) is 19.8. The molecular formula is C15H14ClN5O3. The highest BCUT2D eigenvalue weighted by atomic mass is 35.5. The third-order valence-corrected chi connectivity index (χ3v) is 4.08. The third kappa shape index (κ3) is 2.65. The summed E-state index contributed by atoms with van der Waals surface area (Å²) in [5.74, 6) is 0.656. The Morgan fingerprint density at radius 2 is 2.04 bits per heavy atom. The predicted molar refractivity (Wildman–Crippen MR) is 86.9 cm³/mol. The highest BCUT2D eigenvalue weighted by Crippen LogP contribution is 2.29. The molecule has 0 saturated carbocycles. The van der Waals surface area contributed by atoms with E-state index in [-0.39, 0.29) is 5.69 Å². The highest BCUT2D eigenvalue weighted by Gasteiger charge is 2.27. The van der Waals surface area contributed by atoms with Gasteiger partial charge >= 0.3 is 5.69 Å². The van der Waals surface area contributed by atoms with Gasteiger partial charge in [0, 0.05) is 5.56 Å². The lowest BCUT2D eigenvalue weighted by molar-refractivity contribution is -0.386. The first-order chi connectivity index (χ1) is 11.4. The average molecular weight is 348 g/mol. The Balaban J connectivity index is 1.98. The molecule has 24 heavy (non-hydrogen) atoms. The quantitative estimate of drug-likeness (QED) is 0.526. The van der Waals surface area contributed by atoms with Gasteiger partial charge in [0.25, 0.3) is 5.89 Å². The number of hydrogen-bond donors (Lipinski definition) is 0. The van der Waals surface area contributed by atoms with Gasteiger partial charge in [0.05, 0.1) is 9.95 Å². The molecule has 0 aliphatic carbocycles. The second-order valence-corrected chi connectivity index (χ2v) is 5.74. The average Bonchev–Trinajstić information content (AvgIpc) is 3.12. The van der Waals surface area contributed by atoms with Crippen LogP contribution in [0.3, 0.4) is 0 Å². The summed E-state index contributed by atoms with van der Waals surface area (Å²) in [4.78, 5) is 15.0. The van der Waals surface area contributed by atoms with Crippen LogP contribution in [0.1, 0.15) is 30.2 Å². The molecule has 0 aliphatic rings. The molecule has 0 aliphatic heterocycles. The van der Waals surface area contributed by atoms with Crippen LogP contribution in [0.15, 0.2) is 28.8 Å². The second kappa shape index (κ2) is 6.04. The molecule has 124 valence electrons. The van der Waals surface area contributed by atoms with E-state index in [0.717, 1.165) is 0 Å². The Morgan fingerprint density at radius 1 is 1.33 bits per heavy atom. The maximum Gasteiger partial charge on any atom is 0.312 e. The van der Waals surface area contributed by atoms with Crippen LogP contribution < -0.4 is 0 Å². The van der Waals surface area contributed by atoms with Gasteiger partial charge in [-0.25, -0.2) is 0 Å². The Bertz CT molecular complexity index is 918. The number of rotatable bonds is 4. The summed E-state index contributed by atoms with van der Waals surface area (Å²) in [6.45, 7) is 5.02. The fourth-order valence-electron chi connectivity index (χ4n) is 2.56. The monoisotopic (exact) mass is 347 g/mol. The standard InChI is InChI=1S/C15H14ClN5O3/c1-8-13(21(22)23)9(2)20(18-8)10(3)15-17-14(19-24-15)11-6-4-5-7-12(11)16/h4-7,10H,1-3H3. The summed E-state index contributed by atoms with van der Waals surface area (Å²) in [6, 6.07) is 6.72. The molecule has 0 N–H and O–H groups in total. The fraction of sp³-hybridized carbons (Fsp3) is 0.267. The molecule has 3 aromatic rings. The summed E-state index contributed by atoms with van der Waals surface area (Å²) in [5.41, 5.74) is 1.42. The molecule has 1 aromatic carbocycles. The number of aromatic nitrogens is 4. The molecule has 0 bridgehead atoms. The fourth-order valence-corrected chi connectivity index (χ4v) is 2.78. The molecule has 2 heterocycles. The van der Waals surface area contributed by atoms with Gasteiger partial charge in [-0.1, -0.05) is 28.9 Å². The lowest BCUT2D eigenvalue weighted by Gasteiger charge is -2.08. The van der Waals surface area contributed by atoms with Gasteiger partial charge in [0.1, 0.15) is 17.4 Å². The van der Waals surface area contributed by atoms with Crippen molar-refractivity contribution in [3.05, 3.63) is 56.7 Å². The zero-order valence-corrected chi connectivity index (χ0v) is 14.0. The SMILES string of the molecule is Cc1nn(C(C)c2nc(-c3ccccc3Cl)no2)c(C)c1[N+](=O)[O-]. The molecule has 1 unspecified atom stereocenters. The number of nitro groups is 1. The maximum atomic E-state index is 11.1. The molecule has 0 saturated heterocycles. The molecular weight excluding hydrogens is 334 g/mol. The van der Waals surface area contributed by atoms with Crippen molar-refractivity contribution in [2.45, 2.75) is 26.8 Å². The molecule has 1 atom stereocenters. The number of hydrogen-bond acceptors (Lipinski definition) is 6. The first kappa shape index (κ1) is 16.1. The molecule has 0 spiro atoms.